The molecule has 1 heterocycles. The predicted octanol–water partition coefficient (Wildman–Crippen LogP) is 2.48. The summed E-state index contributed by atoms with van der Waals surface area (Å²) in [6, 6.07) is 14.4. The third-order valence-corrected chi connectivity index (χ3v) is 5.24. The van der Waals surface area contributed by atoms with Gasteiger partial charge in [0.05, 0.1) is 12.6 Å². The number of hydrogen-bond donors (Lipinski definition) is 2. The van der Waals surface area contributed by atoms with Crippen molar-refractivity contribution in [1.82, 2.24) is 15.5 Å². The lowest BCUT2D eigenvalue weighted by Gasteiger charge is -2.30. The van der Waals surface area contributed by atoms with Gasteiger partial charge in [0, 0.05) is 13.0 Å². The molecule has 0 spiro atoms. The van der Waals surface area contributed by atoms with Gasteiger partial charge in [-0.15, -0.1) is 0 Å². The van der Waals surface area contributed by atoms with Crippen molar-refractivity contribution in [3.63, 3.8) is 0 Å². The van der Waals surface area contributed by atoms with Crippen LogP contribution in [0.15, 0.2) is 42.5 Å². The van der Waals surface area contributed by atoms with Crippen LogP contribution < -0.4 is 10.6 Å². The van der Waals surface area contributed by atoms with Gasteiger partial charge in [0.2, 0.25) is 11.8 Å². The van der Waals surface area contributed by atoms with Crippen LogP contribution in [0.5, 0.6) is 0 Å². The Morgan fingerprint density at radius 1 is 1.12 bits per heavy atom. The van der Waals surface area contributed by atoms with E-state index in [2.05, 4.69) is 39.8 Å². The van der Waals surface area contributed by atoms with Crippen LogP contribution in [-0.4, -0.2) is 43.4 Å². The topological polar surface area (TPSA) is 61.4 Å². The number of fused-ring (bicyclic) bond motifs is 1. The molecule has 2 N–H and O–H groups in total. The van der Waals surface area contributed by atoms with E-state index in [0.29, 0.717) is 6.54 Å². The average molecular weight is 353 g/mol. The molecule has 3 rings (SSSR count). The number of rotatable bonds is 5. The molecule has 0 bridgehead atoms. The van der Waals surface area contributed by atoms with Gasteiger partial charge in [-0.05, 0) is 49.2 Å². The van der Waals surface area contributed by atoms with Crippen LogP contribution in [0.3, 0.4) is 0 Å². The highest BCUT2D eigenvalue weighted by atomic mass is 16.2. The molecule has 0 saturated carbocycles. The number of nitrogens with one attached hydrogen (secondary N) is 2. The summed E-state index contributed by atoms with van der Waals surface area (Å²) < 4.78 is 0. The van der Waals surface area contributed by atoms with Gasteiger partial charge in [-0.2, -0.15) is 0 Å². The molecule has 1 fully saturated rings. The molecule has 5 heteroatoms. The van der Waals surface area contributed by atoms with Gasteiger partial charge in [0.1, 0.15) is 0 Å². The maximum Gasteiger partial charge on any atom is 0.234 e. The molecule has 0 aromatic heterocycles. The third-order valence-electron chi connectivity index (χ3n) is 5.24. The molecule has 138 valence electrons. The highest BCUT2D eigenvalue weighted by Gasteiger charge is 2.25. The first-order valence-corrected chi connectivity index (χ1v) is 9.29. The molecule has 1 atom stereocenters. The van der Waals surface area contributed by atoms with Gasteiger partial charge in [-0.3, -0.25) is 14.5 Å². The minimum atomic E-state index is -0.0444. The SMILES string of the molecule is CNC(=O)C1CCN(CC(=O)NC(C)c2cccc3ccccc23)CC1. The van der Waals surface area contributed by atoms with Gasteiger partial charge >= 0.3 is 0 Å². The van der Waals surface area contributed by atoms with Gasteiger partial charge in [-0.25, -0.2) is 0 Å². The Morgan fingerprint density at radius 3 is 2.54 bits per heavy atom. The molecule has 0 radical (unpaired) electrons. The Balaban J connectivity index is 1.56. The molecule has 2 aromatic carbocycles. The summed E-state index contributed by atoms with van der Waals surface area (Å²) in [5, 5.41) is 8.19. The lowest BCUT2D eigenvalue weighted by atomic mass is 9.96. The Kier molecular flexibility index (Phi) is 5.89. The standard InChI is InChI=1S/C21H27N3O2/c1-15(18-9-5-7-16-6-3-4-8-19(16)18)23-20(25)14-24-12-10-17(11-13-24)21(26)22-2/h3-9,15,17H,10-14H2,1-2H3,(H,22,26)(H,23,25). The van der Waals surface area contributed by atoms with Crippen LogP contribution >= 0.6 is 0 Å². The molecule has 5 nitrogen and oxygen atoms in total. The highest BCUT2D eigenvalue weighted by molar-refractivity contribution is 5.87. The van der Waals surface area contributed by atoms with E-state index in [9.17, 15) is 9.59 Å². The molecule has 1 aliphatic rings. The van der Waals surface area contributed by atoms with E-state index in [-0.39, 0.29) is 23.8 Å². The zero-order valence-electron chi connectivity index (χ0n) is 15.5. The molecule has 1 saturated heterocycles. The molecular formula is C21H27N3O2. The first kappa shape index (κ1) is 18.4. The van der Waals surface area contributed by atoms with Crippen molar-refractivity contribution < 1.29 is 9.59 Å². The summed E-state index contributed by atoms with van der Waals surface area (Å²) in [5.41, 5.74) is 1.13. The van der Waals surface area contributed by atoms with E-state index < -0.39 is 0 Å². The predicted molar refractivity (Wildman–Crippen MR) is 104 cm³/mol. The fourth-order valence-electron chi connectivity index (χ4n) is 3.75. The minimum Gasteiger partial charge on any atom is -0.359 e. The smallest absolute Gasteiger partial charge is 0.234 e. The fourth-order valence-corrected chi connectivity index (χ4v) is 3.75. The van der Waals surface area contributed by atoms with Crippen molar-refractivity contribution in [3.8, 4) is 0 Å². The van der Waals surface area contributed by atoms with Crippen molar-refractivity contribution in [1.29, 1.82) is 0 Å². The first-order valence-electron chi connectivity index (χ1n) is 9.29. The van der Waals surface area contributed by atoms with Gasteiger partial charge in [0.15, 0.2) is 0 Å². The van der Waals surface area contributed by atoms with Gasteiger partial charge < -0.3 is 10.6 Å². The van der Waals surface area contributed by atoms with E-state index in [1.807, 2.05) is 25.1 Å². The molecule has 2 aromatic rings. The molecule has 0 aliphatic carbocycles. The van der Waals surface area contributed by atoms with Crippen LogP contribution in [0.2, 0.25) is 0 Å². The number of nitrogens with zero attached hydrogens (tertiary/aromatic N) is 1. The number of piperidine rings is 1. The van der Waals surface area contributed by atoms with Gasteiger partial charge in [0.25, 0.3) is 0 Å². The van der Waals surface area contributed by atoms with Crippen molar-refractivity contribution in [2.75, 3.05) is 26.7 Å². The molecule has 1 aliphatic heterocycles. The largest absolute Gasteiger partial charge is 0.359 e. The summed E-state index contributed by atoms with van der Waals surface area (Å²) in [7, 11) is 1.68. The normalized spacial score (nSPS) is 17.0. The quantitative estimate of drug-likeness (QED) is 0.868. The maximum atomic E-state index is 12.5. The zero-order valence-corrected chi connectivity index (χ0v) is 15.5. The lowest BCUT2D eigenvalue weighted by Crippen LogP contribution is -2.44. The molecule has 26 heavy (non-hydrogen) atoms. The van der Waals surface area contributed by atoms with Crippen LogP contribution in [-0.2, 0) is 9.59 Å². The Labute approximate surface area is 154 Å². The van der Waals surface area contributed by atoms with Crippen LogP contribution in [0.1, 0.15) is 31.4 Å². The summed E-state index contributed by atoms with van der Waals surface area (Å²) >= 11 is 0. The summed E-state index contributed by atoms with van der Waals surface area (Å²) in [6.07, 6.45) is 1.62. The second-order valence-electron chi connectivity index (χ2n) is 7.02. The Hall–Kier alpha value is -2.40. The van der Waals surface area contributed by atoms with Crippen molar-refractivity contribution in [3.05, 3.63) is 48.0 Å². The fraction of sp³-hybridized carbons (Fsp3) is 0.429. The molecular weight excluding hydrogens is 326 g/mol. The number of hydrogen-bond acceptors (Lipinski definition) is 3. The van der Waals surface area contributed by atoms with Crippen LogP contribution in [0.25, 0.3) is 10.8 Å². The second-order valence-corrected chi connectivity index (χ2v) is 7.02. The zero-order chi connectivity index (χ0) is 18.5. The number of benzene rings is 2. The van der Waals surface area contributed by atoms with E-state index in [4.69, 9.17) is 0 Å². The second kappa shape index (κ2) is 8.32. The highest BCUT2D eigenvalue weighted by Crippen LogP contribution is 2.24. The summed E-state index contributed by atoms with van der Waals surface area (Å²) in [4.78, 5) is 26.3. The number of carbonyl (C=O) groups is 2. The first-order chi connectivity index (χ1) is 12.6. The van der Waals surface area contributed by atoms with E-state index in [1.165, 1.54) is 10.8 Å². The average Bonchev–Trinajstić information content (AvgIpc) is 2.67. The van der Waals surface area contributed by atoms with E-state index >= 15 is 0 Å². The Bertz CT molecular complexity index is 776. The third kappa shape index (κ3) is 4.22. The summed E-state index contributed by atoms with van der Waals surface area (Å²) in [5.74, 6) is 0.219. The monoisotopic (exact) mass is 353 g/mol. The van der Waals surface area contributed by atoms with E-state index in [0.717, 1.165) is 31.5 Å². The van der Waals surface area contributed by atoms with Crippen LogP contribution in [0.4, 0.5) is 0 Å². The van der Waals surface area contributed by atoms with Gasteiger partial charge in [-0.1, -0.05) is 42.5 Å². The van der Waals surface area contributed by atoms with E-state index in [1.54, 1.807) is 7.05 Å². The van der Waals surface area contributed by atoms with Crippen molar-refractivity contribution >= 4 is 22.6 Å². The minimum absolute atomic E-state index is 0.0313. The lowest BCUT2D eigenvalue weighted by molar-refractivity contribution is -0.126. The summed E-state index contributed by atoms with van der Waals surface area (Å²) in [6.45, 7) is 3.98. The van der Waals surface area contributed by atoms with Crippen molar-refractivity contribution in [2.45, 2.75) is 25.8 Å². The molecule has 2 amide bonds. The van der Waals surface area contributed by atoms with Crippen LogP contribution in [0, 0.1) is 5.92 Å². The number of likely N-dealkylation sites (tertiary alicyclic amines) is 1. The molecule has 1 unspecified atom stereocenters. The Morgan fingerprint density at radius 2 is 1.81 bits per heavy atom. The maximum absolute atomic E-state index is 12.5. The number of amides is 2. The van der Waals surface area contributed by atoms with Crippen molar-refractivity contribution in [2.24, 2.45) is 5.92 Å². The number of carbonyl (C=O) groups excluding carboxylic acids is 2.